The summed E-state index contributed by atoms with van der Waals surface area (Å²) in [6.07, 6.45) is 0.842. The molecule has 21 heavy (non-hydrogen) atoms. The minimum Gasteiger partial charge on any atom is -0.326 e. The molecule has 5 nitrogen and oxygen atoms in total. The number of carbonyl (C=O) groups is 2. The smallest absolute Gasteiger partial charge is 0.225 e. The summed E-state index contributed by atoms with van der Waals surface area (Å²) in [5.41, 5.74) is 2.33. The summed E-state index contributed by atoms with van der Waals surface area (Å²) >= 11 is 0. The van der Waals surface area contributed by atoms with Gasteiger partial charge in [0.1, 0.15) is 0 Å². The number of hydrogen-bond acceptors (Lipinski definition) is 3. The van der Waals surface area contributed by atoms with Gasteiger partial charge in [-0.15, -0.1) is 0 Å². The summed E-state index contributed by atoms with van der Waals surface area (Å²) in [7, 11) is 0. The number of amides is 2. The zero-order chi connectivity index (χ0) is 15.8. The molecule has 0 saturated heterocycles. The second kappa shape index (κ2) is 8.42. The van der Waals surface area contributed by atoms with Crippen LogP contribution in [0.5, 0.6) is 0 Å². The van der Waals surface area contributed by atoms with Crippen LogP contribution >= 0.6 is 0 Å². The molecule has 1 aromatic carbocycles. The first kappa shape index (κ1) is 17.2. The lowest BCUT2D eigenvalue weighted by Crippen LogP contribution is -2.30. The van der Waals surface area contributed by atoms with Crippen molar-refractivity contribution in [3.8, 4) is 0 Å². The fourth-order valence-corrected chi connectivity index (χ4v) is 2.05. The maximum Gasteiger partial charge on any atom is 0.225 e. The Morgan fingerprint density at radius 1 is 1.10 bits per heavy atom. The zero-order valence-corrected chi connectivity index (χ0v) is 13.2. The van der Waals surface area contributed by atoms with Crippen LogP contribution in [-0.4, -0.2) is 24.4 Å². The molecule has 3 N–H and O–H groups in total. The maximum absolute atomic E-state index is 12.0. The molecule has 2 amide bonds. The Balaban J connectivity index is 2.73. The van der Waals surface area contributed by atoms with E-state index in [9.17, 15) is 9.59 Å². The lowest BCUT2D eigenvalue weighted by Gasteiger charge is -2.15. The van der Waals surface area contributed by atoms with Gasteiger partial charge in [-0.3, -0.25) is 9.59 Å². The van der Waals surface area contributed by atoms with E-state index in [1.807, 2.05) is 39.0 Å². The van der Waals surface area contributed by atoms with Crippen molar-refractivity contribution in [2.24, 2.45) is 0 Å². The Hall–Kier alpha value is -1.88. The molecule has 0 aliphatic rings. The predicted molar refractivity (Wildman–Crippen MR) is 86.5 cm³/mol. The van der Waals surface area contributed by atoms with Crippen molar-refractivity contribution >= 4 is 23.2 Å². The molecule has 0 fully saturated rings. The predicted octanol–water partition coefficient (Wildman–Crippen LogP) is 2.67. The number of carbonyl (C=O) groups excluding carboxylic acids is 2. The Bertz CT molecular complexity index is 500. The average Bonchev–Trinajstić information content (AvgIpc) is 2.43. The molecule has 0 saturated carbocycles. The number of anilines is 2. The molecule has 116 valence electrons. The van der Waals surface area contributed by atoms with E-state index in [0.717, 1.165) is 23.5 Å². The molecule has 0 spiro atoms. The fraction of sp³-hybridized carbons (Fsp3) is 0.500. The second-order valence-electron chi connectivity index (χ2n) is 5.09. The summed E-state index contributed by atoms with van der Waals surface area (Å²) in [4.78, 5) is 23.5. The Morgan fingerprint density at radius 2 is 1.67 bits per heavy atom. The first-order valence-electron chi connectivity index (χ1n) is 7.40. The Morgan fingerprint density at radius 3 is 2.19 bits per heavy atom. The van der Waals surface area contributed by atoms with Gasteiger partial charge in [0, 0.05) is 30.3 Å². The molecular weight excluding hydrogens is 266 g/mol. The van der Waals surface area contributed by atoms with Crippen LogP contribution in [0.3, 0.4) is 0 Å². The van der Waals surface area contributed by atoms with E-state index < -0.39 is 0 Å². The normalized spacial score (nSPS) is 11.8. The van der Waals surface area contributed by atoms with Crippen LogP contribution < -0.4 is 16.0 Å². The highest BCUT2D eigenvalue weighted by Crippen LogP contribution is 2.23. The molecular formula is C16H25N3O2. The van der Waals surface area contributed by atoms with E-state index >= 15 is 0 Å². The third-order valence-corrected chi connectivity index (χ3v) is 3.25. The van der Waals surface area contributed by atoms with Crippen LogP contribution in [0.4, 0.5) is 11.4 Å². The van der Waals surface area contributed by atoms with Crippen molar-refractivity contribution in [3.63, 3.8) is 0 Å². The lowest BCUT2D eigenvalue weighted by molar-refractivity contribution is -0.117. The average molecular weight is 291 g/mol. The summed E-state index contributed by atoms with van der Waals surface area (Å²) in [5.74, 6) is -0.0761. The van der Waals surface area contributed by atoms with Crippen LogP contribution in [-0.2, 0) is 9.59 Å². The highest BCUT2D eigenvalue weighted by Gasteiger charge is 2.11. The van der Waals surface area contributed by atoms with Crippen molar-refractivity contribution in [1.29, 1.82) is 0 Å². The minimum absolute atomic E-state index is 0.0366. The van der Waals surface area contributed by atoms with E-state index in [4.69, 9.17) is 0 Å². The molecule has 5 heteroatoms. The summed E-state index contributed by atoms with van der Waals surface area (Å²) < 4.78 is 0. The first-order chi connectivity index (χ1) is 9.97. The molecule has 1 unspecified atom stereocenters. The van der Waals surface area contributed by atoms with Gasteiger partial charge in [-0.25, -0.2) is 0 Å². The summed E-state index contributed by atoms with van der Waals surface area (Å²) in [6, 6.07) is 5.63. The number of benzene rings is 1. The molecule has 1 aromatic rings. The molecule has 1 rings (SSSR count). The van der Waals surface area contributed by atoms with Crippen LogP contribution in [0.25, 0.3) is 0 Å². The molecule has 0 aromatic heterocycles. The van der Waals surface area contributed by atoms with Gasteiger partial charge in [-0.05, 0) is 38.1 Å². The second-order valence-corrected chi connectivity index (χ2v) is 5.09. The van der Waals surface area contributed by atoms with Crippen molar-refractivity contribution in [2.45, 2.75) is 46.6 Å². The lowest BCUT2D eigenvalue weighted by atomic mass is 10.1. The van der Waals surface area contributed by atoms with Crippen LogP contribution in [0, 0.1) is 6.92 Å². The summed E-state index contributed by atoms with van der Waals surface area (Å²) in [5, 5.41) is 8.94. The first-order valence-corrected chi connectivity index (χ1v) is 7.40. The van der Waals surface area contributed by atoms with Crippen LogP contribution in [0.1, 0.15) is 39.2 Å². The fourth-order valence-electron chi connectivity index (χ4n) is 2.05. The number of rotatable bonds is 7. The van der Waals surface area contributed by atoms with Gasteiger partial charge in [-0.1, -0.05) is 19.9 Å². The highest BCUT2D eigenvalue weighted by atomic mass is 16.2. The topological polar surface area (TPSA) is 70.2 Å². The zero-order valence-electron chi connectivity index (χ0n) is 13.2. The van der Waals surface area contributed by atoms with E-state index in [1.54, 1.807) is 6.92 Å². The van der Waals surface area contributed by atoms with Crippen LogP contribution in [0.15, 0.2) is 18.2 Å². The molecule has 0 radical (unpaired) electrons. The molecule has 0 aliphatic heterocycles. The molecule has 0 aliphatic carbocycles. The number of hydrogen-bond donors (Lipinski definition) is 3. The quantitative estimate of drug-likeness (QED) is 0.723. The summed E-state index contributed by atoms with van der Waals surface area (Å²) in [6.45, 7) is 8.52. The van der Waals surface area contributed by atoms with Gasteiger partial charge in [0.05, 0.1) is 0 Å². The third kappa shape index (κ3) is 5.55. The highest BCUT2D eigenvalue weighted by molar-refractivity contribution is 5.95. The third-order valence-electron chi connectivity index (χ3n) is 3.25. The Labute approximate surface area is 126 Å². The van der Waals surface area contributed by atoms with Gasteiger partial charge in [0.2, 0.25) is 11.8 Å². The minimum atomic E-state index is -0.0395. The van der Waals surface area contributed by atoms with Gasteiger partial charge in [-0.2, -0.15) is 0 Å². The van der Waals surface area contributed by atoms with E-state index in [-0.39, 0.29) is 17.9 Å². The van der Waals surface area contributed by atoms with Gasteiger partial charge < -0.3 is 16.0 Å². The molecule has 1 atom stereocenters. The Kier molecular flexibility index (Phi) is 6.88. The van der Waals surface area contributed by atoms with Crippen molar-refractivity contribution in [2.75, 3.05) is 17.2 Å². The number of nitrogens with one attached hydrogen (secondary N) is 3. The standard InChI is InChI=1S/C16H25N3O2/c1-5-15(20)18-13-8-7-9-14(12(13)4)19-16(21)10-11(3)17-6-2/h7-9,11,17H,5-6,10H2,1-4H3,(H,18,20)(H,19,21). The van der Waals surface area contributed by atoms with Crippen molar-refractivity contribution in [3.05, 3.63) is 23.8 Å². The van der Waals surface area contributed by atoms with Crippen molar-refractivity contribution < 1.29 is 9.59 Å². The van der Waals surface area contributed by atoms with E-state index in [1.165, 1.54) is 0 Å². The van der Waals surface area contributed by atoms with E-state index in [0.29, 0.717) is 12.8 Å². The van der Waals surface area contributed by atoms with Gasteiger partial charge >= 0.3 is 0 Å². The maximum atomic E-state index is 12.0. The van der Waals surface area contributed by atoms with Gasteiger partial charge in [0.25, 0.3) is 0 Å². The van der Waals surface area contributed by atoms with Gasteiger partial charge in [0.15, 0.2) is 0 Å². The largest absolute Gasteiger partial charge is 0.326 e. The molecule has 0 heterocycles. The monoisotopic (exact) mass is 291 g/mol. The van der Waals surface area contributed by atoms with Crippen molar-refractivity contribution in [1.82, 2.24) is 5.32 Å². The van der Waals surface area contributed by atoms with Crippen LogP contribution in [0.2, 0.25) is 0 Å². The SMILES string of the molecule is CCNC(C)CC(=O)Nc1cccc(NC(=O)CC)c1C. The molecule has 0 bridgehead atoms. The van der Waals surface area contributed by atoms with E-state index in [2.05, 4.69) is 16.0 Å².